The van der Waals surface area contributed by atoms with E-state index in [1.807, 2.05) is 0 Å². The smallest absolute Gasteiger partial charge is 0.237 e. The topological polar surface area (TPSA) is 52.6 Å². The molecule has 2 rings (SSSR count). The molecule has 1 amide bonds. The molecule has 0 aromatic heterocycles. The first kappa shape index (κ1) is 12.8. The van der Waals surface area contributed by atoms with Crippen LogP contribution in [-0.2, 0) is 4.79 Å². The van der Waals surface area contributed by atoms with Crippen LogP contribution in [0.5, 0.6) is 0 Å². The molecule has 0 aromatic carbocycles. The predicted octanol–water partition coefficient (Wildman–Crippen LogP) is 0.890. The van der Waals surface area contributed by atoms with Crippen molar-refractivity contribution in [3.8, 4) is 0 Å². The molecule has 0 bridgehead atoms. The Kier molecular flexibility index (Phi) is 3.73. The Morgan fingerprint density at radius 2 is 2.06 bits per heavy atom. The zero-order valence-corrected chi connectivity index (χ0v) is 10.9. The minimum absolute atomic E-state index is 0.0851. The van der Waals surface area contributed by atoms with Crippen LogP contribution in [-0.4, -0.2) is 46.7 Å². The maximum Gasteiger partial charge on any atom is 0.237 e. The van der Waals surface area contributed by atoms with Crippen LogP contribution >= 0.6 is 0 Å². The fourth-order valence-corrected chi connectivity index (χ4v) is 3.21. The second-order valence-electron chi connectivity index (χ2n) is 6.01. The fourth-order valence-electron chi connectivity index (χ4n) is 3.21. The number of nitrogens with zero attached hydrogens (tertiary/aromatic N) is 1. The fraction of sp³-hybridized carbons (Fsp3) is 0.923. The molecular formula is C13H24N2O2. The van der Waals surface area contributed by atoms with Gasteiger partial charge in [0.1, 0.15) is 0 Å². The van der Waals surface area contributed by atoms with E-state index in [0.717, 1.165) is 6.54 Å². The normalized spacial score (nSPS) is 30.5. The van der Waals surface area contributed by atoms with E-state index in [1.54, 1.807) is 0 Å². The molecule has 1 atom stereocenters. The van der Waals surface area contributed by atoms with Crippen molar-refractivity contribution in [2.24, 2.45) is 0 Å². The van der Waals surface area contributed by atoms with Crippen molar-refractivity contribution >= 4 is 5.91 Å². The summed E-state index contributed by atoms with van der Waals surface area (Å²) in [7, 11) is 0. The van der Waals surface area contributed by atoms with Gasteiger partial charge < -0.3 is 10.4 Å². The molecule has 4 nitrogen and oxygen atoms in total. The van der Waals surface area contributed by atoms with Gasteiger partial charge in [-0.1, -0.05) is 12.8 Å². The molecule has 2 fully saturated rings. The van der Waals surface area contributed by atoms with Crippen LogP contribution in [0.3, 0.4) is 0 Å². The average Bonchev–Trinajstić information content (AvgIpc) is 2.74. The molecule has 0 aromatic rings. The van der Waals surface area contributed by atoms with Gasteiger partial charge in [-0.25, -0.2) is 0 Å². The Balaban J connectivity index is 2.13. The second-order valence-corrected chi connectivity index (χ2v) is 6.01. The third-order valence-corrected chi connectivity index (χ3v) is 3.94. The summed E-state index contributed by atoms with van der Waals surface area (Å²) < 4.78 is 0. The molecule has 4 heteroatoms. The van der Waals surface area contributed by atoms with Crippen LogP contribution in [0.4, 0.5) is 0 Å². The largest absolute Gasteiger partial charge is 0.396 e. The summed E-state index contributed by atoms with van der Waals surface area (Å²) in [5.41, 5.74) is -0.147. The lowest BCUT2D eigenvalue weighted by molar-refractivity contribution is -0.135. The van der Waals surface area contributed by atoms with Gasteiger partial charge in [0.2, 0.25) is 5.91 Å². The summed E-state index contributed by atoms with van der Waals surface area (Å²) in [4.78, 5) is 14.4. The lowest BCUT2D eigenvalue weighted by Gasteiger charge is -2.46. The molecule has 0 radical (unpaired) electrons. The van der Waals surface area contributed by atoms with Gasteiger partial charge in [0, 0.05) is 24.7 Å². The third-order valence-electron chi connectivity index (χ3n) is 3.94. The summed E-state index contributed by atoms with van der Waals surface area (Å²) in [6, 6.07) is 0.410. The highest BCUT2D eigenvalue weighted by molar-refractivity contribution is 5.83. The molecule has 1 saturated carbocycles. The van der Waals surface area contributed by atoms with Crippen LogP contribution in [0.1, 0.15) is 46.0 Å². The van der Waals surface area contributed by atoms with Crippen LogP contribution in [0.2, 0.25) is 0 Å². The summed E-state index contributed by atoms with van der Waals surface area (Å²) in [5, 5.41) is 12.2. The summed E-state index contributed by atoms with van der Waals surface area (Å²) in [6.45, 7) is 5.12. The van der Waals surface area contributed by atoms with E-state index in [2.05, 4.69) is 24.1 Å². The monoisotopic (exact) mass is 240 g/mol. The number of carbonyl (C=O) groups is 1. The number of rotatable bonds is 3. The highest BCUT2D eigenvalue weighted by atomic mass is 16.3. The highest BCUT2D eigenvalue weighted by Gasteiger charge is 2.41. The zero-order chi connectivity index (χ0) is 12.5. The molecule has 17 heavy (non-hydrogen) atoms. The van der Waals surface area contributed by atoms with Crippen LogP contribution in [0.25, 0.3) is 0 Å². The third kappa shape index (κ3) is 2.80. The second kappa shape index (κ2) is 4.94. The van der Waals surface area contributed by atoms with E-state index in [-0.39, 0.29) is 24.1 Å². The number of carbonyl (C=O) groups excluding carboxylic acids is 1. The van der Waals surface area contributed by atoms with Gasteiger partial charge in [-0.05, 0) is 33.1 Å². The standard InChI is InChI=1S/C13H24N2O2/c1-13(2)9-15(10-5-3-4-6-10)11(7-8-16)12(17)14-13/h10-11,16H,3-9H2,1-2H3,(H,14,17). The maximum atomic E-state index is 12.1. The van der Waals surface area contributed by atoms with E-state index in [9.17, 15) is 4.79 Å². The molecule has 0 spiro atoms. The molecule has 2 N–H and O–H groups in total. The van der Waals surface area contributed by atoms with E-state index < -0.39 is 0 Å². The Morgan fingerprint density at radius 3 is 2.65 bits per heavy atom. The number of amides is 1. The summed E-state index contributed by atoms with van der Waals surface area (Å²) >= 11 is 0. The lowest BCUT2D eigenvalue weighted by Crippen LogP contribution is -2.66. The van der Waals surface area contributed by atoms with Gasteiger partial charge in [0.25, 0.3) is 0 Å². The minimum atomic E-state index is -0.147. The SMILES string of the molecule is CC1(C)CN(C2CCCC2)C(CCO)C(=O)N1. The van der Waals surface area contributed by atoms with Crippen molar-refractivity contribution in [2.45, 2.75) is 63.6 Å². The van der Waals surface area contributed by atoms with Crippen molar-refractivity contribution in [1.29, 1.82) is 0 Å². The number of aliphatic hydroxyl groups is 1. The van der Waals surface area contributed by atoms with E-state index in [1.165, 1.54) is 25.7 Å². The van der Waals surface area contributed by atoms with Gasteiger partial charge in [-0.15, -0.1) is 0 Å². The Morgan fingerprint density at radius 1 is 1.41 bits per heavy atom. The predicted molar refractivity (Wildman–Crippen MR) is 66.7 cm³/mol. The first-order valence-corrected chi connectivity index (χ1v) is 6.72. The Labute approximate surface area is 103 Å². The first-order valence-electron chi connectivity index (χ1n) is 6.72. The molecule has 2 aliphatic rings. The molecule has 98 valence electrons. The lowest BCUT2D eigenvalue weighted by atomic mass is 9.94. The van der Waals surface area contributed by atoms with E-state index in [4.69, 9.17) is 5.11 Å². The quantitative estimate of drug-likeness (QED) is 0.770. The van der Waals surface area contributed by atoms with Crippen molar-refractivity contribution in [1.82, 2.24) is 10.2 Å². The number of hydrogen-bond donors (Lipinski definition) is 2. The summed E-state index contributed by atoms with van der Waals surface area (Å²) in [5.74, 6) is 0.0854. The van der Waals surface area contributed by atoms with E-state index >= 15 is 0 Å². The molecule has 1 saturated heterocycles. The molecule has 1 unspecified atom stereocenters. The molecule has 1 heterocycles. The minimum Gasteiger partial charge on any atom is -0.396 e. The number of piperazine rings is 1. The Hall–Kier alpha value is -0.610. The van der Waals surface area contributed by atoms with Crippen molar-refractivity contribution < 1.29 is 9.90 Å². The average molecular weight is 240 g/mol. The van der Waals surface area contributed by atoms with E-state index in [0.29, 0.717) is 12.5 Å². The molecule has 1 aliphatic heterocycles. The number of nitrogens with one attached hydrogen (secondary N) is 1. The molecular weight excluding hydrogens is 216 g/mol. The Bertz CT molecular complexity index is 285. The van der Waals surface area contributed by atoms with Crippen LogP contribution in [0.15, 0.2) is 0 Å². The number of hydrogen-bond acceptors (Lipinski definition) is 3. The molecule has 1 aliphatic carbocycles. The van der Waals surface area contributed by atoms with Crippen LogP contribution in [0, 0.1) is 0 Å². The first-order chi connectivity index (χ1) is 8.03. The van der Waals surface area contributed by atoms with Crippen molar-refractivity contribution in [3.63, 3.8) is 0 Å². The maximum absolute atomic E-state index is 12.1. The summed E-state index contributed by atoms with van der Waals surface area (Å²) in [6.07, 6.45) is 5.50. The zero-order valence-electron chi connectivity index (χ0n) is 10.9. The van der Waals surface area contributed by atoms with Crippen LogP contribution < -0.4 is 5.32 Å². The van der Waals surface area contributed by atoms with Gasteiger partial charge >= 0.3 is 0 Å². The highest BCUT2D eigenvalue weighted by Crippen LogP contribution is 2.29. The van der Waals surface area contributed by atoms with Gasteiger partial charge in [0.05, 0.1) is 6.04 Å². The van der Waals surface area contributed by atoms with Gasteiger partial charge in [-0.2, -0.15) is 0 Å². The van der Waals surface area contributed by atoms with Gasteiger partial charge in [0.15, 0.2) is 0 Å². The van der Waals surface area contributed by atoms with Gasteiger partial charge in [-0.3, -0.25) is 9.69 Å². The number of aliphatic hydroxyl groups excluding tert-OH is 1. The van der Waals surface area contributed by atoms with Crippen molar-refractivity contribution in [2.75, 3.05) is 13.2 Å². The van der Waals surface area contributed by atoms with Crippen molar-refractivity contribution in [3.05, 3.63) is 0 Å².